The van der Waals surface area contributed by atoms with Gasteiger partial charge in [-0.25, -0.2) is 15.0 Å². The predicted octanol–water partition coefficient (Wildman–Crippen LogP) is 9.73. The van der Waals surface area contributed by atoms with Crippen molar-refractivity contribution in [2.45, 2.75) is 237 Å². The number of hydrogen-bond donors (Lipinski definition) is 9. The van der Waals surface area contributed by atoms with Crippen molar-refractivity contribution in [3.05, 3.63) is 123 Å². The summed E-state index contributed by atoms with van der Waals surface area (Å²) < 4.78 is 0. The third kappa shape index (κ3) is 23.5. The quantitative estimate of drug-likeness (QED) is 0.0288. The highest BCUT2D eigenvalue weighted by Gasteiger charge is 2.48. The Labute approximate surface area is 659 Å². The SMILES string of the molecule is CC(=O)N[C@H](C(=O)N1C[C@H](O)C[C@H]1C(=O)N[C@@H](CC(=O)C(C)C)c1ccc(-c2scnc2C)cc1)C(C)(C)C.Cc1ncsc1-c1ccc(CNC(=O)[C@@H]2C[C@@H](O)CN2C(=O)[C@@H](NC(=O)C(C)C)C(C)(C)C)cc1.Cc1ncsc1-c1ccc([C@H](C)NC(=O)[C@@H]2C[C@@H](O)CN2C(=O)[C@@H](NC(=O)C(C)C)C(C)(C)C)cc1. The second-order valence-electron chi connectivity index (χ2n) is 33.2. The summed E-state index contributed by atoms with van der Waals surface area (Å²) in [5, 5.41) is 48.4. The van der Waals surface area contributed by atoms with Crippen LogP contribution in [0.1, 0.15) is 189 Å². The molecule has 0 unspecified atom stereocenters. The first-order chi connectivity index (χ1) is 51.4. The van der Waals surface area contributed by atoms with E-state index in [0.717, 1.165) is 65.1 Å². The molecule has 6 heterocycles. The number of ketones is 1. The summed E-state index contributed by atoms with van der Waals surface area (Å²) in [7, 11) is 0. The van der Waals surface area contributed by atoms with E-state index in [1.807, 2.05) is 188 Å². The second kappa shape index (κ2) is 38.0. The highest BCUT2D eigenvalue weighted by atomic mass is 32.1. The maximum atomic E-state index is 13.6. The summed E-state index contributed by atoms with van der Waals surface area (Å²) in [5.74, 6) is -3.79. The Bertz CT molecular complexity index is 4190. The van der Waals surface area contributed by atoms with Crippen molar-refractivity contribution in [1.82, 2.24) is 61.6 Å². The minimum atomic E-state index is -0.929. The lowest BCUT2D eigenvalue weighted by molar-refractivity contribution is -0.144. The highest BCUT2D eigenvalue weighted by molar-refractivity contribution is 7.14. The van der Waals surface area contributed by atoms with Crippen molar-refractivity contribution >= 4 is 93.0 Å². The standard InChI is InChI=1S/C29H40N4O5S.C27H38N4O4S.C26H36N4O4S/c1-16(2)24(36)13-22(19-8-10-20(11-9-19)25-17(3)30-15-39-25)32-27(37)23-12-21(35)14-33(23)28(38)26(29(5,6)7)31-18(4)34;1-15(2)24(33)30-23(27(5,6)7)26(35)31-13-20(32)12-21(31)25(34)29-16(3)18-8-10-19(11-9-18)22-17(4)28-14-36-22;1-15(2)23(32)29-22(26(4,5)6)25(34)30-13-19(31)11-20(30)24(33)27-12-17-7-9-18(10-8-17)21-16(3)28-14-35-21/h8-11,15-16,21-23,26,35H,12-14H2,1-7H3,(H,31,34)(H,32,37);8-11,14-16,20-21,23,32H,12-13H2,1-7H3,(H,29,34)(H,30,33);7-10,14-15,19-20,22,31H,11-13H2,1-6H3,(H,27,33)(H,29,32)/t21-,22+,23+,26-;16-,20+,21-,23+;19-,20+,22-/m101/s1. The van der Waals surface area contributed by atoms with Gasteiger partial charge in [-0.05, 0) is 77.3 Å². The molecule has 598 valence electrons. The third-order valence-corrected chi connectivity index (χ3v) is 22.7. The number of likely N-dealkylation sites (tertiary alicyclic amines) is 3. The summed E-state index contributed by atoms with van der Waals surface area (Å²) in [6, 6.07) is 17.7. The van der Waals surface area contributed by atoms with Crippen LogP contribution in [0.15, 0.2) is 89.3 Å². The van der Waals surface area contributed by atoms with Crippen LogP contribution in [0.2, 0.25) is 0 Å². The fraction of sp³-hybridized carbons (Fsp3) is 0.549. The lowest BCUT2D eigenvalue weighted by Crippen LogP contribution is -2.58. The summed E-state index contributed by atoms with van der Waals surface area (Å²) in [6.45, 7) is 37.0. The van der Waals surface area contributed by atoms with Crippen molar-refractivity contribution in [2.75, 3.05) is 19.6 Å². The molecule has 3 aliphatic heterocycles. The molecular formula is C82H114N12O13S3. The molecule has 9 rings (SSSR count). The Balaban J connectivity index is 0.000000230. The van der Waals surface area contributed by atoms with Crippen LogP contribution in [0.25, 0.3) is 31.3 Å². The molecule has 0 saturated carbocycles. The average molecular weight is 1570 g/mol. The predicted molar refractivity (Wildman–Crippen MR) is 428 cm³/mol. The highest BCUT2D eigenvalue weighted by Crippen LogP contribution is 2.35. The van der Waals surface area contributed by atoms with Gasteiger partial charge in [0.2, 0.25) is 53.2 Å². The number of benzene rings is 3. The molecule has 3 aromatic heterocycles. The van der Waals surface area contributed by atoms with E-state index in [9.17, 15) is 63.3 Å². The van der Waals surface area contributed by atoms with Gasteiger partial charge in [0.25, 0.3) is 0 Å². The molecule has 11 atom stereocenters. The Morgan fingerprint density at radius 2 is 0.773 bits per heavy atom. The number of β-amino-alcohol motifs (C(OH)–C–C–N with tert-alkyl or cyclic N) is 3. The van der Waals surface area contributed by atoms with Gasteiger partial charge in [-0.2, -0.15) is 0 Å². The number of nitrogens with one attached hydrogen (secondary N) is 6. The summed E-state index contributed by atoms with van der Waals surface area (Å²) >= 11 is 4.72. The van der Waals surface area contributed by atoms with E-state index in [0.29, 0.717) is 6.54 Å². The monoisotopic (exact) mass is 1570 g/mol. The van der Waals surface area contributed by atoms with Crippen LogP contribution in [0.4, 0.5) is 0 Å². The number of amides is 9. The molecule has 9 amide bonds. The van der Waals surface area contributed by atoms with Crippen LogP contribution >= 0.6 is 34.0 Å². The fourth-order valence-corrected chi connectivity index (χ4v) is 15.6. The van der Waals surface area contributed by atoms with Gasteiger partial charge < -0.3 is 61.9 Å². The molecule has 9 N–H and O–H groups in total. The van der Waals surface area contributed by atoms with Crippen molar-refractivity contribution in [3.8, 4) is 31.3 Å². The van der Waals surface area contributed by atoms with Gasteiger partial charge >= 0.3 is 0 Å². The second-order valence-corrected chi connectivity index (χ2v) is 35.8. The zero-order valence-corrected chi connectivity index (χ0v) is 69.7. The molecule has 25 nitrogen and oxygen atoms in total. The molecule has 0 radical (unpaired) electrons. The van der Waals surface area contributed by atoms with E-state index in [-0.39, 0.29) is 116 Å². The molecule has 3 aliphatic rings. The third-order valence-electron chi connectivity index (χ3n) is 19.8. The van der Waals surface area contributed by atoms with Crippen molar-refractivity contribution in [1.29, 1.82) is 0 Å². The number of nitrogens with zero attached hydrogens (tertiary/aromatic N) is 6. The van der Waals surface area contributed by atoms with Gasteiger partial charge in [0.05, 0.1) is 78.6 Å². The van der Waals surface area contributed by atoms with Crippen molar-refractivity contribution in [3.63, 3.8) is 0 Å². The van der Waals surface area contributed by atoms with E-state index in [4.69, 9.17) is 0 Å². The molecule has 3 aromatic carbocycles. The van der Waals surface area contributed by atoms with Gasteiger partial charge in [-0.3, -0.25) is 47.9 Å². The largest absolute Gasteiger partial charge is 0.391 e. The first-order valence-electron chi connectivity index (χ1n) is 37.6. The number of rotatable bonds is 23. The first-order valence-corrected chi connectivity index (χ1v) is 40.2. The zero-order chi connectivity index (χ0) is 81.8. The van der Waals surface area contributed by atoms with Gasteiger partial charge in [0.1, 0.15) is 42.0 Å². The number of hydrogen-bond acceptors (Lipinski definition) is 19. The van der Waals surface area contributed by atoms with Crippen LogP contribution in [0.5, 0.6) is 0 Å². The molecular weight excluding hydrogens is 1460 g/mol. The molecule has 3 saturated heterocycles. The van der Waals surface area contributed by atoms with Gasteiger partial charge in [0.15, 0.2) is 0 Å². The lowest BCUT2D eigenvalue weighted by Gasteiger charge is -2.36. The van der Waals surface area contributed by atoms with Crippen LogP contribution in [0.3, 0.4) is 0 Å². The molecule has 0 bridgehead atoms. The molecule has 0 aliphatic carbocycles. The van der Waals surface area contributed by atoms with E-state index >= 15 is 0 Å². The van der Waals surface area contributed by atoms with Crippen LogP contribution in [-0.2, 0) is 54.5 Å². The fourth-order valence-electron chi connectivity index (χ4n) is 13.1. The van der Waals surface area contributed by atoms with E-state index in [2.05, 4.69) is 46.9 Å². The van der Waals surface area contributed by atoms with E-state index in [1.165, 1.54) is 21.6 Å². The van der Waals surface area contributed by atoms with Gasteiger partial charge in [0, 0.05) is 76.5 Å². The lowest BCUT2D eigenvalue weighted by atomic mass is 9.85. The van der Waals surface area contributed by atoms with E-state index in [1.54, 1.807) is 67.2 Å². The molecule has 0 spiro atoms. The van der Waals surface area contributed by atoms with Crippen molar-refractivity contribution < 1.29 is 63.3 Å². The zero-order valence-electron chi connectivity index (χ0n) is 67.2. The number of aliphatic hydroxyl groups is 3. The Morgan fingerprint density at radius 3 is 1.09 bits per heavy atom. The van der Waals surface area contributed by atoms with E-state index < -0.39 is 88.7 Å². The number of thiazole rings is 3. The normalized spacial score (nSPS) is 19.3. The summed E-state index contributed by atoms with van der Waals surface area (Å²) in [5.41, 5.74) is 12.4. The molecule has 6 aromatic rings. The number of aromatic nitrogens is 3. The molecule has 110 heavy (non-hydrogen) atoms. The van der Waals surface area contributed by atoms with Gasteiger partial charge in [-0.1, -0.05) is 177 Å². The maximum absolute atomic E-state index is 13.6. The summed E-state index contributed by atoms with van der Waals surface area (Å²) in [6.07, 6.45) is -1.98. The number of aryl methyl sites for hydroxylation is 3. The number of carbonyl (C=O) groups excluding carboxylic acids is 10. The van der Waals surface area contributed by atoms with Crippen molar-refractivity contribution in [2.24, 2.45) is 34.0 Å². The van der Waals surface area contributed by atoms with Gasteiger partial charge in [-0.15, -0.1) is 34.0 Å². The summed E-state index contributed by atoms with van der Waals surface area (Å²) in [4.78, 5) is 150. The first kappa shape index (κ1) is 88.5. The van der Waals surface area contributed by atoms with Crippen LogP contribution in [-0.4, -0.2) is 178 Å². The number of carbonyl (C=O) groups is 10. The Kier molecular flexibility index (Phi) is 30.6. The smallest absolute Gasteiger partial charge is 0.246 e. The molecule has 28 heteroatoms. The van der Waals surface area contributed by atoms with Crippen LogP contribution < -0.4 is 31.9 Å². The minimum Gasteiger partial charge on any atom is -0.391 e. The topological polar surface area (TPSA) is 352 Å². The number of Topliss-reactive ketones (excluding diaryl/α,β-unsaturated/α-hetero) is 1. The van der Waals surface area contributed by atoms with Crippen LogP contribution in [0, 0.1) is 54.8 Å². The average Bonchev–Trinajstić information content (AvgIpc) is 1.46. The number of aliphatic hydroxyl groups excluding tert-OH is 3. The minimum absolute atomic E-state index is 0.000483. The molecule has 3 fully saturated rings. The maximum Gasteiger partial charge on any atom is 0.246 e. The Morgan fingerprint density at radius 1 is 0.445 bits per heavy atom. The Hall–Kier alpha value is -8.67.